The van der Waals surface area contributed by atoms with Crippen LogP contribution in [0.15, 0.2) is 48.5 Å². The molecule has 4 atom stereocenters. The number of benzene rings is 2. The van der Waals surface area contributed by atoms with E-state index in [1.54, 1.807) is 4.90 Å². The Morgan fingerprint density at radius 1 is 1.11 bits per heavy atom. The van der Waals surface area contributed by atoms with Gasteiger partial charge in [-0.2, -0.15) is 0 Å². The number of amides is 2. The van der Waals surface area contributed by atoms with Crippen molar-refractivity contribution in [3.8, 4) is 0 Å². The van der Waals surface area contributed by atoms with Crippen LogP contribution in [0.5, 0.6) is 0 Å². The SMILES string of the molecule is C[C@H]1[C@H]([Si](C)(C)O)[C@@H](CCO)O[C@]12C(=O)N(Cc1ccc(N3CCCC3=O)cc1)c1ccccc12. The smallest absolute Gasteiger partial charge is 0.264 e. The van der Waals surface area contributed by atoms with Gasteiger partial charge in [0.25, 0.3) is 5.91 Å². The van der Waals surface area contributed by atoms with Gasteiger partial charge in [-0.05, 0) is 49.7 Å². The van der Waals surface area contributed by atoms with Crippen molar-refractivity contribution in [1.82, 2.24) is 0 Å². The van der Waals surface area contributed by atoms with Gasteiger partial charge in [0.1, 0.15) is 0 Å². The summed E-state index contributed by atoms with van der Waals surface area (Å²) >= 11 is 0. The van der Waals surface area contributed by atoms with Crippen molar-refractivity contribution in [2.75, 3.05) is 23.0 Å². The molecule has 3 aliphatic heterocycles. The first-order chi connectivity index (χ1) is 16.7. The highest BCUT2D eigenvalue weighted by Gasteiger charge is 2.65. The van der Waals surface area contributed by atoms with Crippen molar-refractivity contribution in [3.05, 3.63) is 59.7 Å². The maximum atomic E-state index is 14.2. The number of aliphatic hydroxyl groups is 1. The Labute approximate surface area is 207 Å². The van der Waals surface area contributed by atoms with Crippen LogP contribution in [0.1, 0.15) is 37.3 Å². The van der Waals surface area contributed by atoms with Gasteiger partial charge in [-0.25, -0.2) is 0 Å². The highest BCUT2D eigenvalue weighted by atomic mass is 28.4. The number of aliphatic hydroxyl groups excluding tert-OH is 1. The summed E-state index contributed by atoms with van der Waals surface area (Å²) in [6.07, 6.45) is 1.48. The largest absolute Gasteiger partial charge is 0.432 e. The van der Waals surface area contributed by atoms with Gasteiger partial charge in [-0.1, -0.05) is 37.3 Å². The van der Waals surface area contributed by atoms with Crippen LogP contribution in [0, 0.1) is 5.92 Å². The lowest BCUT2D eigenvalue weighted by molar-refractivity contribution is -0.146. The van der Waals surface area contributed by atoms with E-state index in [-0.39, 0.29) is 36.0 Å². The lowest BCUT2D eigenvalue weighted by Gasteiger charge is -2.32. The van der Waals surface area contributed by atoms with Crippen molar-refractivity contribution < 1.29 is 24.2 Å². The first-order valence-corrected chi connectivity index (χ1v) is 15.5. The van der Waals surface area contributed by atoms with Crippen LogP contribution in [-0.4, -0.2) is 49.3 Å². The normalized spacial score (nSPS) is 28.4. The molecule has 2 saturated heterocycles. The molecule has 0 saturated carbocycles. The van der Waals surface area contributed by atoms with Crippen LogP contribution in [0.25, 0.3) is 0 Å². The second-order valence-corrected chi connectivity index (χ2v) is 14.6. The molecule has 8 heteroatoms. The molecule has 3 aliphatic rings. The fourth-order valence-corrected chi connectivity index (χ4v) is 9.07. The average molecular weight is 495 g/mol. The summed E-state index contributed by atoms with van der Waals surface area (Å²) in [6.45, 7) is 6.85. The average Bonchev–Trinajstić information content (AvgIpc) is 3.45. The minimum atomic E-state index is -2.69. The Bertz CT molecular complexity index is 1130. The predicted molar refractivity (Wildman–Crippen MR) is 137 cm³/mol. The van der Waals surface area contributed by atoms with Crippen LogP contribution in [0.3, 0.4) is 0 Å². The lowest BCUT2D eigenvalue weighted by atomic mass is 9.82. The maximum absolute atomic E-state index is 14.2. The number of nitrogens with zero attached hydrogens (tertiary/aromatic N) is 2. The third kappa shape index (κ3) is 3.83. The third-order valence-electron chi connectivity index (χ3n) is 7.97. The van der Waals surface area contributed by atoms with Gasteiger partial charge >= 0.3 is 0 Å². The molecular formula is C27H34N2O5Si. The second kappa shape index (κ2) is 8.85. The van der Waals surface area contributed by atoms with Gasteiger partial charge in [-0.3, -0.25) is 9.59 Å². The van der Waals surface area contributed by atoms with E-state index in [2.05, 4.69) is 0 Å². The molecule has 2 fully saturated rings. The highest BCUT2D eigenvalue weighted by Crippen LogP contribution is 2.59. The van der Waals surface area contributed by atoms with Crippen LogP contribution in [0.4, 0.5) is 11.4 Å². The summed E-state index contributed by atoms with van der Waals surface area (Å²) in [4.78, 5) is 41.0. The third-order valence-corrected chi connectivity index (χ3v) is 10.5. The quantitative estimate of drug-likeness (QED) is 0.600. The summed E-state index contributed by atoms with van der Waals surface area (Å²) in [5, 5.41) is 9.69. The second-order valence-electron chi connectivity index (χ2n) is 10.6. The van der Waals surface area contributed by atoms with Gasteiger partial charge in [0.05, 0.1) is 18.3 Å². The summed E-state index contributed by atoms with van der Waals surface area (Å²) in [5.74, 6) is -0.195. The molecule has 2 aromatic carbocycles. The molecule has 0 aliphatic carbocycles. The minimum Gasteiger partial charge on any atom is -0.432 e. The zero-order valence-electron chi connectivity index (χ0n) is 20.6. The Hall–Kier alpha value is -2.52. The van der Waals surface area contributed by atoms with E-state index in [1.165, 1.54) is 0 Å². The van der Waals surface area contributed by atoms with Crippen molar-refractivity contribution in [2.24, 2.45) is 5.92 Å². The van der Waals surface area contributed by atoms with E-state index >= 15 is 0 Å². The number of carbonyl (C=O) groups excluding carboxylic acids is 2. The molecule has 35 heavy (non-hydrogen) atoms. The van der Waals surface area contributed by atoms with E-state index < -0.39 is 13.9 Å². The predicted octanol–water partition coefficient (Wildman–Crippen LogP) is 3.54. The Kier molecular flexibility index (Phi) is 6.12. The van der Waals surface area contributed by atoms with Crippen LogP contribution in [-0.2, 0) is 26.5 Å². The lowest BCUT2D eigenvalue weighted by Crippen LogP contribution is -2.46. The molecule has 5 rings (SSSR count). The Morgan fingerprint density at radius 2 is 1.83 bits per heavy atom. The van der Waals surface area contributed by atoms with E-state index in [4.69, 9.17) is 4.74 Å². The van der Waals surface area contributed by atoms with Gasteiger partial charge in [0.2, 0.25) is 5.91 Å². The van der Waals surface area contributed by atoms with Crippen molar-refractivity contribution in [3.63, 3.8) is 0 Å². The number of hydrogen-bond acceptors (Lipinski definition) is 5. The number of rotatable bonds is 6. The monoisotopic (exact) mass is 494 g/mol. The maximum Gasteiger partial charge on any atom is 0.264 e. The Balaban J connectivity index is 1.48. The molecule has 0 unspecified atom stereocenters. The number of para-hydroxylation sites is 1. The number of carbonyl (C=O) groups is 2. The molecule has 0 radical (unpaired) electrons. The molecule has 2 amide bonds. The molecule has 2 N–H and O–H groups in total. The van der Waals surface area contributed by atoms with Crippen LogP contribution < -0.4 is 9.80 Å². The van der Waals surface area contributed by atoms with Gasteiger partial charge in [0, 0.05) is 42.3 Å². The van der Waals surface area contributed by atoms with Gasteiger partial charge in [-0.15, -0.1) is 0 Å². The zero-order chi connectivity index (χ0) is 25.0. The van der Waals surface area contributed by atoms with E-state index in [1.807, 2.05) is 73.4 Å². The van der Waals surface area contributed by atoms with Crippen molar-refractivity contribution in [2.45, 2.75) is 63.1 Å². The van der Waals surface area contributed by atoms with E-state index in [0.29, 0.717) is 19.4 Å². The standard InChI is InChI=1S/C27H34N2O5Si/c1-18-25(35(2,3)33)23(14-16-30)34-27(18)21-7-4-5-8-22(21)29(26(27)32)17-19-10-12-20(13-11-19)28-15-6-9-24(28)31/h4-5,7-8,10-13,18,23,25,30,33H,6,9,14-17H2,1-3H3/t18-,23+,25-,27+/m0/s1. The topological polar surface area (TPSA) is 90.3 Å². The molecule has 1 spiro atoms. The fourth-order valence-electron chi connectivity index (χ4n) is 6.47. The number of hydrogen-bond donors (Lipinski definition) is 2. The van der Waals surface area contributed by atoms with Crippen molar-refractivity contribution >= 4 is 31.5 Å². The zero-order valence-corrected chi connectivity index (χ0v) is 21.6. The summed E-state index contributed by atoms with van der Waals surface area (Å²) in [5.41, 5.74) is 2.16. The van der Waals surface area contributed by atoms with Crippen LogP contribution in [0.2, 0.25) is 18.6 Å². The number of ether oxygens (including phenoxy) is 1. The summed E-state index contributed by atoms with van der Waals surface area (Å²) < 4.78 is 6.59. The Morgan fingerprint density at radius 3 is 2.46 bits per heavy atom. The molecule has 7 nitrogen and oxygen atoms in total. The first-order valence-electron chi connectivity index (χ1n) is 12.5. The van der Waals surface area contributed by atoms with Gasteiger partial charge < -0.3 is 24.4 Å². The van der Waals surface area contributed by atoms with E-state index in [9.17, 15) is 19.5 Å². The number of anilines is 2. The summed E-state index contributed by atoms with van der Waals surface area (Å²) in [6, 6.07) is 15.6. The molecule has 0 bridgehead atoms. The fraction of sp³-hybridized carbons (Fsp3) is 0.481. The molecular weight excluding hydrogens is 460 g/mol. The molecule has 2 aromatic rings. The van der Waals surface area contributed by atoms with Gasteiger partial charge in [0.15, 0.2) is 13.9 Å². The van der Waals surface area contributed by atoms with Crippen molar-refractivity contribution in [1.29, 1.82) is 0 Å². The molecule has 186 valence electrons. The molecule has 3 heterocycles. The first kappa shape index (κ1) is 24.2. The summed E-state index contributed by atoms with van der Waals surface area (Å²) in [7, 11) is -2.69. The van der Waals surface area contributed by atoms with E-state index in [0.717, 1.165) is 35.5 Å². The minimum absolute atomic E-state index is 0.0557. The van der Waals surface area contributed by atoms with Crippen LogP contribution >= 0.6 is 0 Å². The molecule has 0 aromatic heterocycles. The number of fused-ring (bicyclic) bond motifs is 2. The highest BCUT2D eigenvalue weighted by molar-refractivity contribution is 6.71.